The van der Waals surface area contributed by atoms with E-state index in [1.165, 1.54) is 5.57 Å². The number of anilines is 1. The summed E-state index contributed by atoms with van der Waals surface area (Å²) in [6.07, 6.45) is 4.89. The maximum absolute atomic E-state index is 9.02. The lowest BCUT2D eigenvalue weighted by Crippen LogP contribution is -2.45. The highest BCUT2D eigenvalue weighted by Gasteiger charge is 2.31. The first-order valence-corrected chi connectivity index (χ1v) is 8.09. The smallest absolute Gasteiger partial charge is 0.130 e. The number of rotatable bonds is 4. The second kappa shape index (κ2) is 6.81. The van der Waals surface area contributed by atoms with Gasteiger partial charge in [0.1, 0.15) is 23.5 Å². The van der Waals surface area contributed by atoms with Gasteiger partial charge in [-0.2, -0.15) is 10.5 Å². The van der Waals surface area contributed by atoms with Crippen molar-refractivity contribution in [1.29, 1.82) is 10.5 Å². The standard InChI is InChI=1S/C20H23N3O/c1-6-7-23-18-10-19(24-5)16(8-15(12-21)13-22)9-17(18)14(2)11-20(23,3)4/h8-11H,6-7H2,1-5H3. The fourth-order valence-electron chi connectivity index (χ4n) is 3.29. The maximum atomic E-state index is 9.02. The minimum atomic E-state index is -0.0695. The summed E-state index contributed by atoms with van der Waals surface area (Å²) < 4.78 is 5.52. The molecule has 0 saturated heterocycles. The number of benzene rings is 1. The maximum Gasteiger partial charge on any atom is 0.130 e. The van der Waals surface area contributed by atoms with Crippen LogP contribution in [-0.4, -0.2) is 19.2 Å². The summed E-state index contributed by atoms with van der Waals surface area (Å²) in [5.41, 5.74) is 4.18. The molecule has 0 saturated carbocycles. The van der Waals surface area contributed by atoms with Crippen LogP contribution in [0.5, 0.6) is 5.75 Å². The van der Waals surface area contributed by atoms with E-state index in [0.29, 0.717) is 5.75 Å². The molecule has 0 radical (unpaired) electrons. The quantitative estimate of drug-likeness (QED) is 0.764. The molecule has 2 rings (SSSR count). The minimum Gasteiger partial charge on any atom is -0.496 e. The van der Waals surface area contributed by atoms with Gasteiger partial charge in [-0.25, -0.2) is 0 Å². The van der Waals surface area contributed by atoms with Crippen LogP contribution in [0, 0.1) is 22.7 Å². The molecule has 124 valence electrons. The van der Waals surface area contributed by atoms with Gasteiger partial charge in [0.25, 0.3) is 0 Å². The molecule has 1 aliphatic heterocycles. The molecular formula is C20H23N3O. The zero-order valence-electron chi connectivity index (χ0n) is 15.0. The van der Waals surface area contributed by atoms with Gasteiger partial charge in [-0.1, -0.05) is 13.0 Å². The van der Waals surface area contributed by atoms with Gasteiger partial charge in [-0.05, 0) is 44.9 Å². The first-order valence-electron chi connectivity index (χ1n) is 8.09. The second-order valence-electron chi connectivity index (χ2n) is 6.53. The summed E-state index contributed by atoms with van der Waals surface area (Å²) in [6, 6.07) is 7.83. The van der Waals surface area contributed by atoms with Crippen LogP contribution >= 0.6 is 0 Å². The number of allylic oxidation sites excluding steroid dienone is 2. The highest BCUT2D eigenvalue weighted by atomic mass is 16.5. The molecule has 0 atom stereocenters. The average Bonchev–Trinajstić information content (AvgIpc) is 2.55. The Labute approximate surface area is 144 Å². The lowest BCUT2D eigenvalue weighted by Gasteiger charge is -2.43. The van der Waals surface area contributed by atoms with E-state index in [4.69, 9.17) is 15.3 Å². The summed E-state index contributed by atoms with van der Waals surface area (Å²) in [6.45, 7) is 9.63. The van der Waals surface area contributed by atoms with E-state index in [1.807, 2.05) is 24.3 Å². The third kappa shape index (κ3) is 3.14. The SMILES string of the molecule is CCCN1c2cc(OC)c(C=C(C#N)C#N)cc2C(C)=CC1(C)C. The van der Waals surface area contributed by atoms with Crippen molar-refractivity contribution in [2.75, 3.05) is 18.6 Å². The highest BCUT2D eigenvalue weighted by Crippen LogP contribution is 2.42. The minimum absolute atomic E-state index is 0.0661. The van der Waals surface area contributed by atoms with Crippen LogP contribution in [-0.2, 0) is 0 Å². The lowest BCUT2D eigenvalue weighted by atomic mass is 9.87. The van der Waals surface area contributed by atoms with Crippen molar-refractivity contribution in [3.63, 3.8) is 0 Å². The zero-order valence-corrected chi connectivity index (χ0v) is 15.0. The van der Waals surface area contributed by atoms with Crippen molar-refractivity contribution >= 4 is 17.3 Å². The summed E-state index contributed by atoms with van der Waals surface area (Å²) in [5.74, 6) is 0.670. The lowest BCUT2D eigenvalue weighted by molar-refractivity contribution is 0.413. The van der Waals surface area contributed by atoms with Crippen LogP contribution in [0.25, 0.3) is 11.6 Å². The number of methoxy groups -OCH3 is 1. The first-order chi connectivity index (χ1) is 11.4. The molecule has 1 aromatic carbocycles. The number of nitriles is 2. The Balaban J connectivity index is 2.70. The van der Waals surface area contributed by atoms with Gasteiger partial charge in [0.2, 0.25) is 0 Å². The number of fused-ring (bicyclic) bond motifs is 1. The molecule has 4 heteroatoms. The predicted octanol–water partition coefficient (Wildman–Crippen LogP) is 4.54. The summed E-state index contributed by atoms with van der Waals surface area (Å²) >= 11 is 0. The third-order valence-electron chi connectivity index (χ3n) is 4.32. The molecule has 1 aliphatic rings. The molecule has 1 aromatic rings. The molecule has 0 amide bonds. The van der Waals surface area contributed by atoms with E-state index < -0.39 is 0 Å². The number of hydrogen-bond acceptors (Lipinski definition) is 4. The van der Waals surface area contributed by atoms with Crippen LogP contribution in [0.2, 0.25) is 0 Å². The fourth-order valence-corrected chi connectivity index (χ4v) is 3.29. The predicted molar refractivity (Wildman–Crippen MR) is 97.6 cm³/mol. The van der Waals surface area contributed by atoms with E-state index >= 15 is 0 Å². The normalized spacial score (nSPS) is 14.8. The number of ether oxygens (including phenoxy) is 1. The summed E-state index contributed by atoms with van der Waals surface area (Å²) in [7, 11) is 1.61. The van der Waals surface area contributed by atoms with Gasteiger partial charge in [-0.15, -0.1) is 0 Å². The van der Waals surface area contributed by atoms with Crippen molar-refractivity contribution in [1.82, 2.24) is 0 Å². The second-order valence-corrected chi connectivity index (χ2v) is 6.53. The Bertz CT molecular complexity index is 772. The van der Waals surface area contributed by atoms with Gasteiger partial charge in [0, 0.05) is 29.4 Å². The van der Waals surface area contributed by atoms with Gasteiger partial charge >= 0.3 is 0 Å². The zero-order chi connectivity index (χ0) is 17.9. The van der Waals surface area contributed by atoms with E-state index in [1.54, 1.807) is 13.2 Å². The molecule has 0 fully saturated rings. The van der Waals surface area contributed by atoms with Crippen molar-refractivity contribution in [3.8, 4) is 17.9 Å². The van der Waals surface area contributed by atoms with Crippen LogP contribution in [0.15, 0.2) is 23.8 Å². The van der Waals surface area contributed by atoms with E-state index in [-0.39, 0.29) is 11.1 Å². The van der Waals surface area contributed by atoms with Gasteiger partial charge in [-0.3, -0.25) is 0 Å². The van der Waals surface area contributed by atoms with Crippen molar-refractivity contribution in [2.24, 2.45) is 0 Å². The van der Waals surface area contributed by atoms with Gasteiger partial charge in [0.15, 0.2) is 0 Å². The topological polar surface area (TPSA) is 60.0 Å². The van der Waals surface area contributed by atoms with Crippen LogP contribution in [0.1, 0.15) is 45.2 Å². The summed E-state index contributed by atoms with van der Waals surface area (Å²) in [5, 5.41) is 18.0. The van der Waals surface area contributed by atoms with Crippen LogP contribution < -0.4 is 9.64 Å². The molecule has 4 nitrogen and oxygen atoms in total. The molecule has 0 aliphatic carbocycles. The van der Waals surface area contributed by atoms with Crippen LogP contribution in [0.4, 0.5) is 5.69 Å². The molecule has 0 spiro atoms. The Kier molecular flexibility index (Phi) is 5.00. The average molecular weight is 321 g/mol. The monoisotopic (exact) mass is 321 g/mol. The Morgan fingerprint density at radius 3 is 2.50 bits per heavy atom. The summed E-state index contributed by atoms with van der Waals surface area (Å²) in [4.78, 5) is 2.38. The van der Waals surface area contributed by atoms with Crippen molar-refractivity contribution in [3.05, 3.63) is 34.9 Å². The third-order valence-corrected chi connectivity index (χ3v) is 4.32. The first kappa shape index (κ1) is 17.6. The van der Waals surface area contributed by atoms with Crippen molar-refractivity contribution in [2.45, 2.75) is 39.7 Å². The molecule has 0 unspecified atom stereocenters. The largest absolute Gasteiger partial charge is 0.496 e. The fraction of sp³-hybridized carbons (Fsp3) is 0.400. The number of hydrogen-bond donors (Lipinski definition) is 0. The van der Waals surface area contributed by atoms with Crippen LogP contribution in [0.3, 0.4) is 0 Å². The molecule has 0 aromatic heterocycles. The van der Waals surface area contributed by atoms with Gasteiger partial charge in [0.05, 0.1) is 12.6 Å². The molecule has 24 heavy (non-hydrogen) atoms. The Morgan fingerprint density at radius 1 is 1.29 bits per heavy atom. The molecular weight excluding hydrogens is 298 g/mol. The molecule has 0 N–H and O–H groups in total. The Hall–Kier alpha value is -2.72. The van der Waals surface area contributed by atoms with E-state index in [2.05, 4.69) is 38.7 Å². The van der Waals surface area contributed by atoms with Crippen molar-refractivity contribution < 1.29 is 4.74 Å². The Morgan fingerprint density at radius 2 is 1.96 bits per heavy atom. The van der Waals surface area contributed by atoms with Gasteiger partial charge < -0.3 is 9.64 Å². The van der Waals surface area contributed by atoms with E-state index in [0.717, 1.165) is 29.8 Å². The highest BCUT2D eigenvalue weighted by molar-refractivity contribution is 5.85. The number of nitrogens with zero attached hydrogens (tertiary/aromatic N) is 3. The molecule has 1 heterocycles. The molecule has 0 bridgehead atoms. The van der Waals surface area contributed by atoms with E-state index in [9.17, 15) is 0 Å².